The summed E-state index contributed by atoms with van der Waals surface area (Å²) in [6.07, 6.45) is 1.26. The highest BCUT2D eigenvalue weighted by Crippen LogP contribution is 2.35. The van der Waals surface area contributed by atoms with E-state index in [1.54, 1.807) is 37.3 Å². The Morgan fingerprint density at radius 1 is 1.30 bits per heavy atom. The molecule has 150 valence electrons. The number of ether oxygens (including phenoxy) is 2. The zero-order chi connectivity index (χ0) is 18.7. The number of nitrogens with zero attached hydrogens (tertiary/aromatic N) is 1. The summed E-state index contributed by atoms with van der Waals surface area (Å²) in [7, 11) is 3.14. The Kier molecular flexibility index (Phi) is 7.33. The molecule has 2 aliphatic heterocycles. The van der Waals surface area contributed by atoms with Gasteiger partial charge in [0, 0.05) is 31.6 Å². The zero-order valence-electron chi connectivity index (χ0n) is 16.0. The minimum absolute atomic E-state index is 0. The van der Waals surface area contributed by atoms with Crippen LogP contribution in [0.25, 0.3) is 0 Å². The first-order valence-electron chi connectivity index (χ1n) is 9.07. The average Bonchev–Trinajstić information content (AvgIpc) is 3.04. The number of hydrogen-bond donors (Lipinski definition) is 2. The molecule has 1 aromatic rings. The van der Waals surface area contributed by atoms with Gasteiger partial charge in [0.15, 0.2) is 0 Å². The van der Waals surface area contributed by atoms with Gasteiger partial charge in [-0.25, -0.2) is 0 Å². The third-order valence-electron chi connectivity index (χ3n) is 5.33. The van der Waals surface area contributed by atoms with Crippen molar-refractivity contribution >= 4 is 29.9 Å². The number of carbonyl (C=O) groups excluding carboxylic acids is 2. The summed E-state index contributed by atoms with van der Waals surface area (Å²) in [6, 6.07) is 5.44. The van der Waals surface area contributed by atoms with E-state index in [0.717, 1.165) is 19.5 Å². The van der Waals surface area contributed by atoms with Gasteiger partial charge >= 0.3 is 0 Å². The highest BCUT2D eigenvalue weighted by molar-refractivity contribution is 6.01. The Hall–Kier alpha value is -1.99. The molecule has 7 nitrogen and oxygen atoms in total. The lowest BCUT2D eigenvalue weighted by molar-refractivity contribution is -0.127. The van der Waals surface area contributed by atoms with Crippen LogP contribution in [0.5, 0.6) is 11.5 Å². The van der Waals surface area contributed by atoms with E-state index in [1.165, 1.54) is 0 Å². The van der Waals surface area contributed by atoms with Crippen LogP contribution in [0.4, 0.5) is 5.69 Å². The highest BCUT2D eigenvalue weighted by Gasteiger charge is 2.37. The van der Waals surface area contributed by atoms with Crippen molar-refractivity contribution in [2.45, 2.75) is 25.8 Å². The number of methoxy groups -OCH3 is 2. The van der Waals surface area contributed by atoms with Crippen LogP contribution >= 0.6 is 12.4 Å². The number of piperidine rings is 1. The Morgan fingerprint density at radius 3 is 2.74 bits per heavy atom. The van der Waals surface area contributed by atoms with Crippen LogP contribution in [-0.4, -0.2) is 51.7 Å². The molecule has 2 heterocycles. The number of halogens is 1. The third kappa shape index (κ3) is 4.65. The molecule has 0 saturated carbocycles. The molecule has 2 saturated heterocycles. The summed E-state index contributed by atoms with van der Waals surface area (Å²) in [5.74, 6) is 1.20. The predicted molar refractivity (Wildman–Crippen MR) is 106 cm³/mol. The third-order valence-corrected chi connectivity index (χ3v) is 5.33. The first-order chi connectivity index (χ1) is 12.5. The molecule has 2 amide bonds. The number of benzene rings is 1. The second-order valence-corrected chi connectivity index (χ2v) is 7.03. The van der Waals surface area contributed by atoms with E-state index >= 15 is 0 Å². The van der Waals surface area contributed by atoms with Gasteiger partial charge in [0.05, 0.1) is 25.8 Å². The molecule has 0 aromatic heterocycles. The smallest absolute Gasteiger partial charge is 0.227 e. The van der Waals surface area contributed by atoms with Crippen molar-refractivity contribution in [3.05, 3.63) is 18.2 Å². The fourth-order valence-corrected chi connectivity index (χ4v) is 3.61. The number of amides is 2. The number of nitrogens with one attached hydrogen (secondary N) is 2. The molecule has 3 unspecified atom stereocenters. The lowest BCUT2D eigenvalue weighted by Crippen LogP contribution is -2.51. The zero-order valence-corrected chi connectivity index (χ0v) is 16.8. The maximum Gasteiger partial charge on any atom is 0.227 e. The first-order valence-corrected chi connectivity index (χ1v) is 9.07. The van der Waals surface area contributed by atoms with Crippen LogP contribution in [0.2, 0.25) is 0 Å². The van der Waals surface area contributed by atoms with Crippen molar-refractivity contribution in [3.63, 3.8) is 0 Å². The number of anilines is 1. The molecule has 0 radical (unpaired) electrons. The Morgan fingerprint density at radius 2 is 2.07 bits per heavy atom. The molecule has 2 fully saturated rings. The largest absolute Gasteiger partial charge is 0.497 e. The molecule has 2 aliphatic rings. The van der Waals surface area contributed by atoms with Crippen LogP contribution in [0.1, 0.15) is 19.8 Å². The van der Waals surface area contributed by atoms with Gasteiger partial charge < -0.3 is 25.0 Å². The van der Waals surface area contributed by atoms with Crippen molar-refractivity contribution in [2.24, 2.45) is 11.8 Å². The van der Waals surface area contributed by atoms with Crippen LogP contribution in [0.15, 0.2) is 18.2 Å². The molecule has 2 N–H and O–H groups in total. The van der Waals surface area contributed by atoms with Gasteiger partial charge in [-0.2, -0.15) is 0 Å². The summed E-state index contributed by atoms with van der Waals surface area (Å²) >= 11 is 0. The molecule has 1 aromatic carbocycles. The molecule has 3 atom stereocenters. The van der Waals surface area contributed by atoms with E-state index in [4.69, 9.17) is 9.47 Å². The molecular formula is C19H28ClN3O4. The minimum atomic E-state index is -0.344. The SMILES string of the molecule is COc1ccc(N2CC(C(=O)NC3CNCCC3C)CC2=O)c(OC)c1.Cl. The lowest BCUT2D eigenvalue weighted by Gasteiger charge is -2.31. The Balaban J connectivity index is 0.00000261. The van der Waals surface area contributed by atoms with Gasteiger partial charge in [-0.15, -0.1) is 12.4 Å². The van der Waals surface area contributed by atoms with Crippen LogP contribution in [-0.2, 0) is 9.59 Å². The molecule has 0 bridgehead atoms. The van der Waals surface area contributed by atoms with Crippen LogP contribution in [0, 0.1) is 11.8 Å². The monoisotopic (exact) mass is 397 g/mol. The maximum absolute atomic E-state index is 12.7. The maximum atomic E-state index is 12.7. The van der Waals surface area contributed by atoms with E-state index in [9.17, 15) is 9.59 Å². The Bertz CT molecular complexity index is 685. The minimum Gasteiger partial charge on any atom is -0.497 e. The lowest BCUT2D eigenvalue weighted by atomic mass is 9.94. The quantitative estimate of drug-likeness (QED) is 0.788. The van der Waals surface area contributed by atoms with Gasteiger partial charge in [-0.05, 0) is 31.0 Å². The molecule has 8 heteroatoms. The highest BCUT2D eigenvalue weighted by atomic mass is 35.5. The van der Waals surface area contributed by atoms with E-state index in [0.29, 0.717) is 29.6 Å². The second kappa shape index (κ2) is 9.28. The van der Waals surface area contributed by atoms with Gasteiger partial charge in [0.25, 0.3) is 0 Å². The van der Waals surface area contributed by atoms with Gasteiger partial charge in [0.2, 0.25) is 11.8 Å². The van der Waals surface area contributed by atoms with E-state index in [-0.39, 0.29) is 42.6 Å². The molecule has 27 heavy (non-hydrogen) atoms. The van der Waals surface area contributed by atoms with Crippen molar-refractivity contribution in [1.82, 2.24) is 10.6 Å². The first kappa shape index (κ1) is 21.3. The van der Waals surface area contributed by atoms with Crippen molar-refractivity contribution in [1.29, 1.82) is 0 Å². The summed E-state index contributed by atoms with van der Waals surface area (Å²) in [5.41, 5.74) is 0.668. The number of carbonyl (C=O) groups is 2. The number of rotatable bonds is 5. The topological polar surface area (TPSA) is 79.9 Å². The normalized spacial score (nSPS) is 24.9. The van der Waals surface area contributed by atoms with Crippen LogP contribution in [0.3, 0.4) is 0 Å². The van der Waals surface area contributed by atoms with Crippen LogP contribution < -0.4 is 25.0 Å². The van der Waals surface area contributed by atoms with Crippen molar-refractivity contribution in [2.75, 3.05) is 38.8 Å². The molecule has 0 aliphatic carbocycles. The molecule has 3 rings (SSSR count). The van der Waals surface area contributed by atoms with Gasteiger partial charge in [-0.1, -0.05) is 6.92 Å². The molecular weight excluding hydrogens is 370 g/mol. The van der Waals surface area contributed by atoms with Gasteiger partial charge in [0.1, 0.15) is 11.5 Å². The molecule has 0 spiro atoms. The average molecular weight is 398 g/mol. The summed E-state index contributed by atoms with van der Waals surface area (Å²) in [6.45, 7) is 4.28. The van der Waals surface area contributed by atoms with E-state index in [1.807, 2.05) is 0 Å². The number of hydrogen-bond acceptors (Lipinski definition) is 5. The van der Waals surface area contributed by atoms with Crippen molar-refractivity contribution in [3.8, 4) is 11.5 Å². The van der Waals surface area contributed by atoms with E-state index in [2.05, 4.69) is 17.6 Å². The van der Waals surface area contributed by atoms with Crippen molar-refractivity contribution < 1.29 is 19.1 Å². The second-order valence-electron chi connectivity index (χ2n) is 7.03. The summed E-state index contributed by atoms with van der Waals surface area (Å²) in [5, 5.41) is 6.43. The summed E-state index contributed by atoms with van der Waals surface area (Å²) < 4.78 is 10.6. The van der Waals surface area contributed by atoms with E-state index < -0.39 is 0 Å². The fourth-order valence-electron chi connectivity index (χ4n) is 3.61. The summed E-state index contributed by atoms with van der Waals surface area (Å²) in [4.78, 5) is 26.8. The standard InChI is InChI=1S/C19H27N3O4.ClH/c1-12-6-7-20-10-15(12)21-19(24)13-8-18(23)22(11-13)16-5-4-14(25-2)9-17(16)26-3;/h4-5,9,12-13,15,20H,6-8,10-11H2,1-3H3,(H,21,24);1H. The fraction of sp³-hybridized carbons (Fsp3) is 0.579. The van der Waals surface area contributed by atoms with Gasteiger partial charge in [-0.3, -0.25) is 9.59 Å². The predicted octanol–water partition coefficient (Wildman–Crippen LogP) is 1.59. The Labute approximate surface area is 166 Å².